The lowest BCUT2D eigenvalue weighted by Gasteiger charge is -2.63. The zero-order valence-corrected chi connectivity index (χ0v) is 41.3. The van der Waals surface area contributed by atoms with Crippen molar-refractivity contribution in [1.82, 2.24) is 20.1 Å². The van der Waals surface area contributed by atoms with Crippen LogP contribution >= 0.6 is 0 Å². The fourth-order valence-electron chi connectivity index (χ4n) is 14.9. The highest BCUT2D eigenvalue weighted by Crippen LogP contribution is 2.68. The number of benzene rings is 3. The number of hydrogen-bond acceptors (Lipinski definition) is 12. The number of likely N-dealkylation sites (N-methyl/N-ethyl adjacent to an activating group) is 1. The maximum absolute atomic E-state index is 15.7. The number of para-hydroxylation sites is 1. The van der Waals surface area contributed by atoms with Gasteiger partial charge in [-0.3, -0.25) is 19.3 Å². The number of aryl methyl sites for hydroxylation is 1. The molecule has 6 aliphatic rings. The molecule has 2 saturated heterocycles. The molecule has 1 unspecified atom stereocenters. The van der Waals surface area contributed by atoms with E-state index < -0.39 is 57.4 Å². The van der Waals surface area contributed by atoms with Gasteiger partial charge >= 0.3 is 17.9 Å². The number of rotatable bonds is 10. The van der Waals surface area contributed by atoms with Gasteiger partial charge in [0.15, 0.2) is 6.10 Å². The first-order chi connectivity index (χ1) is 33.1. The van der Waals surface area contributed by atoms with Gasteiger partial charge < -0.3 is 44.2 Å². The van der Waals surface area contributed by atoms with E-state index in [0.717, 1.165) is 45.4 Å². The second kappa shape index (κ2) is 17.0. The standard InChI is InChI=1S/C55H67N5O9/c1-9-34-17-19-36(20-18-34)45(62)57-51(10-2)29-35-30-54(49(63)67-7,44-38(21-25-59(31-35)32-51)37-15-12-13-16-41(37)56-44)40-27-39-42(28-43(40)66-6)58(5)47-53(39)23-26-60-24-14-22-52(11-3,46(53)60)48(69-33(4)61)55(47,65)50(64)68-8/h12-20,22,27-28,35,46-48,56,65H,9-11,21,23-26,29-32H2,1-8H3,(H,57,62)/t35-,46+,47-,48-,51+,52-,53-,54+,55+/m1/s1. The number of nitrogens with one attached hydrogen (secondary N) is 2. The Kier molecular flexibility index (Phi) is 11.6. The molecule has 1 spiro atoms. The predicted molar refractivity (Wildman–Crippen MR) is 261 cm³/mol. The van der Waals surface area contributed by atoms with Crippen LogP contribution in [0.4, 0.5) is 5.69 Å². The summed E-state index contributed by atoms with van der Waals surface area (Å²) in [7, 11) is 6.18. The van der Waals surface area contributed by atoms with E-state index in [9.17, 15) is 19.5 Å². The quantitative estimate of drug-likeness (QED) is 0.0970. The first kappa shape index (κ1) is 47.0. The van der Waals surface area contributed by atoms with Crippen LogP contribution in [0.5, 0.6) is 5.75 Å². The molecule has 5 aliphatic heterocycles. The summed E-state index contributed by atoms with van der Waals surface area (Å²) in [4.78, 5) is 68.3. The van der Waals surface area contributed by atoms with Crippen LogP contribution in [-0.4, -0.2) is 134 Å². The molecule has 1 amide bonds. The minimum Gasteiger partial charge on any atom is -0.496 e. The van der Waals surface area contributed by atoms with Crippen molar-refractivity contribution in [2.75, 3.05) is 66.0 Å². The topological polar surface area (TPSA) is 163 Å². The summed E-state index contributed by atoms with van der Waals surface area (Å²) in [5.74, 6) is -1.74. The van der Waals surface area contributed by atoms with Crippen LogP contribution in [0, 0.1) is 11.3 Å². The van der Waals surface area contributed by atoms with Crippen LogP contribution in [-0.2, 0) is 52.3 Å². The number of piperidine rings is 1. The molecule has 1 saturated carbocycles. The van der Waals surface area contributed by atoms with Crippen molar-refractivity contribution in [2.24, 2.45) is 11.3 Å². The summed E-state index contributed by atoms with van der Waals surface area (Å²) >= 11 is 0. The molecule has 4 aromatic rings. The Bertz CT molecular complexity index is 2750. The van der Waals surface area contributed by atoms with E-state index >= 15 is 4.79 Å². The van der Waals surface area contributed by atoms with Crippen molar-refractivity contribution >= 4 is 40.4 Å². The number of esters is 3. The molecule has 6 heterocycles. The van der Waals surface area contributed by atoms with Gasteiger partial charge in [0.2, 0.25) is 5.60 Å². The van der Waals surface area contributed by atoms with E-state index in [0.29, 0.717) is 88.1 Å². The third-order valence-corrected chi connectivity index (χ3v) is 17.6. The van der Waals surface area contributed by atoms with Gasteiger partial charge in [-0.1, -0.05) is 63.3 Å². The lowest BCUT2D eigenvalue weighted by Crippen LogP contribution is -2.81. The van der Waals surface area contributed by atoms with Gasteiger partial charge in [-0.2, -0.15) is 0 Å². The summed E-state index contributed by atoms with van der Waals surface area (Å²) in [6, 6.07) is 18.8. The Morgan fingerprint density at radius 3 is 2.33 bits per heavy atom. The van der Waals surface area contributed by atoms with E-state index in [1.54, 1.807) is 7.11 Å². The van der Waals surface area contributed by atoms with Gasteiger partial charge in [0, 0.05) is 96.5 Å². The van der Waals surface area contributed by atoms with Gasteiger partial charge in [0.05, 0.1) is 32.9 Å². The van der Waals surface area contributed by atoms with Crippen LogP contribution < -0.4 is 15.0 Å². The molecule has 1 aromatic heterocycles. The largest absolute Gasteiger partial charge is 0.496 e. The van der Waals surface area contributed by atoms with E-state index in [1.807, 2.05) is 67.4 Å². The lowest BCUT2D eigenvalue weighted by molar-refractivity contribution is -0.228. The number of nitrogens with zero attached hydrogens (tertiary/aromatic N) is 3. The van der Waals surface area contributed by atoms with Crippen LogP contribution in [0.2, 0.25) is 0 Å². The Morgan fingerprint density at radius 1 is 0.899 bits per heavy atom. The van der Waals surface area contributed by atoms with Crippen molar-refractivity contribution < 1.29 is 43.2 Å². The summed E-state index contributed by atoms with van der Waals surface area (Å²) in [5, 5.41) is 18.0. The van der Waals surface area contributed by atoms with Gasteiger partial charge in [0.25, 0.3) is 5.91 Å². The number of fused-ring (bicyclic) bond motifs is 6. The lowest BCUT2D eigenvalue weighted by atomic mass is 9.47. The number of amides is 1. The van der Waals surface area contributed by atoms with E-state index in [4.69, 9.17) is 18.9 Å². The fraction of sp³-hybridized carbons (Fsp3) is 0.527. The molecular formula is C55H67N5O9. The molecule has 1 aliphatic carbocycles. The molecule has 0 radical (unpaired) electrons. The minimum absolute atomic E-state index is 0.119. The van der Waals surface area contributed by atoms with E-state index in [2.05, 4.69) is 58.2 Å². The number of carbonyl (C=O) groups excluding carboxylic acids is 4. The SMILES string of the molecule is CCc1ccc(C(=O)N[C@@]2(CC)C[C@H]3CN(CCc4c([nH]c5ccccc45)[C@@](C(=O)OC)(c4cc5c(cc4OC)N(C)[C@H]4[C@@](O)(C(=O)OC)[C@H](OC(C)=O)[C@]6(CC)C=CCN7CC[C@]54[C@@H]76)C3)C2)cc1. The third-order valence-electron chi connectivity index (χ3n) is 17.6. The Morgan fingerprint density at radius 2 is 1.65 bits per heavy atom. The first-order valence-corrected chi connectivity index (χ1v) is 24.8. The number of anilines is 1. The molecule has 3 N–H and O–H groups in total. The minimum atomic E-state index is -2.33. The molecule has 2 bridgehead atoms. The number of methoxy groups -OCH3 is 3. The van der Waals surface area contributed by atoms with Gasteiger partial charge in [-0.25, -0.2) is 4.79 Å². The molecule has 10 rings (SSSR count). The number of hydrogen-bond donors (Lipinski definition) is 3. The van der Waals surface area contributed by atoms with Crippen molar-refractivity contribution in [1.29, 1.82) is 0 Å². The predicted octanol–water partition coefficient (Wildman–Crippen LogP) is 5.99. The molecule has 366 valence electrons. The normalized spacial score (nSPS) is 33.2. The molecule has 14 heteroatoms. The zero-order valence-electron chi connectivity index (χ0n) is 41.3. The average Bonchev–Trinajstić information content (AvgIpc) is 4.03. The maximum atomic E-state index is 15.7. The smallest absolute Gasteiger partial charge is 0.344 e. The third kappa shape index (κ3) is 6.60. The number of carbonyl (C=O) groups is 4. The van der Waals surface area contributed by atoms with Crippen LogP contribution in [0.3, 0.4) is 0 Å². The van der Waals surface area contributed by atoms with Crippen molar-refractivity contribution in [3.63, 3.8) is 0 Å². The van der Waals surface area contributed by atoms with Crippen molar-refractivity contribution in [3.05, 3.63) is 106 Å². The second-order valence-corrected chi connectivity index (χ2v) is 20.8. The van der Waals surface area contributed by atoms with E-state index in [1.165, 1.54) is 21.1 Å². The number of H-pyrrole nitrogens is 1. The molecular weight excluding hydrogens is 875 g/mol. The van der Waals surface area contributed by atoms with Crippen molar-refractivity contribution in [3.8, 4) is 5.75 Å². The van der Waals surface area contributed by atoms with Crippen LogP contribution in [0.25, 0.3) is 10.9 Å². The molecule has 3 aromatic carbocycles. The summed E-state index contributed by atoms with van der Waals surface area (Å²) in [6.45, 7) is 10.9. The number of ether oxygens (including phenoxy) is 4. The highest BCUT2D eigenvalue weighted by molar-refractivity contribution is 5.96. The molecule has 69 heavy (non-hydrogen) atoms. The van der Waals surface area contributed by atoms with Gasteiger partial charge in [-0.05, 0) is 98.4 Å². The molecule has 14 nitrogen and oxygen atoms in total. The molecule has 10 atom stereocenters. The Balaban J connectivity index is 1.21. The second-order valence-electron chi connectivity index (χ2n) is 20.8. The monoisotopic (exact) mass is 941 g/mol. The summed E-state index contributed by atoms with van der Waals surface area (Å²) < 4.78 is 24.3. The maximum Gasteiger partial charge on any atom is 0.344 e. The number of aliphatic hydroxyl groups is 1. The summed E-state index contributed by atoms with van der Waals surface area (Å²) in [6.07, 6.45) is 6.94. The fourth-order valence-corrected chi connectivity index (χ4v) is 14.9. The average molecular weight is 942 g/mol. The Hall–Kier alpha value is -5.70. The van der Waals surface area contributed by atoms with Crippen molar-refractivity contribution in [2.45, 2.75) is 113 Å². The summed E-state index contributed by atoms with van der Waals surface area (Å²) in [5.41, 5.74) is 0.282. The van der Waals surface area contributed by atoms with Gasteiger partial charge in [0.1, 0.15) is 11.2 Å². The zero-order chi connectivity index (χ0) is 48.8. The molecule has 3 fully saturated rings. The van der Waals surface area contributed by atoms with Crippen LogP contribution in [0.15, 0.2) is 72.8 Å². The number of aromatic nitrogens is 1. The Labute approximate surface area is 404 Å². The van der Waals surface area contributed by atoms with Crippen LogP contribution in [0.1, 0.15) is 98.1 Å². The van der Waals surface area contributed by atoms with Gasteiger partial charge in [-0.15, -0.1) is 0 Å². The first-order valence-electron chi connectivity index (χ1n) is 24.8. The van der Waals surface area contributed by atoms with E-state index in [-0.39, 0.29) is 17.9 Å². The number of aromatic amines is 1. The highest BCUT2D eigenvalue weighted by atomic mass is 16.6. The highest BCUT2D eigenvalue weighted by Gasteiger charge is 2.80.